The topological polar surface area (TPSA) is 17.1 Å². The maximum absolute atomic E-state index is 13.3. The summed E-state index contributed by atoms with van der Waals surface area (Å²) in [6, 6.07) is 28.6. The zero-order valence-electron chi connectivity index (χ0n) is 12.9. The van der Waals surface area contributed by atoms with E-state index in [0.717, 1.165) is 29.5 Å². The third-order valence-electron chi connectivity index (χ3n) is 4.86. The minimum Gasteiger partial charge on any atom is -0.293 e. The first-order valence-electron chi connectivity index (χ1n) is 8.02. The second-order valence-corrected chi connectivity index (χ2v) is 6.27. The molecule has 0 fully saturated rings. The van der Waals surface area contributed by atoms with Crippen molar-refractivity contribution in [2.45, 2.75) is 18.3 Å². The molecule has 3 aromatic carbocycles. The lowest BCUT2D eigenvalue weighted by Crippen LogP contribution is -2.35. The number of benzene rings is 3. The van der Waals surface area contributed by atoms with Gasteiger partial charge in [-0.05, 0) is 29.5 Å². The fraction of sp³-hybridized carbons (Fsp3) is 0.136. The van der Waals surface area contributed by atoms with Gasteiger partial charge in [0.1, 0.15) is 0 Å². The maximum Gasteiger partial charge on any atom is 0.174 e. The smallest absolute Gasteiger partial charge is 0.174 e. The lowest BCUT2D eigenvalue weighted by molar-refractivity contribution is 0.0901. The first-order chi connectivity index (χ1) is 11.3. The fourth-order valence-corrected chi connectivity index (χ4v) is 3.74. The van der Waals surface area contributed by atoms with Gasteiger partial charge in [0, 0.05) is 5.56 Å². The Morgan fingerprint density at radius 3 is 2.04 bits per heavy atom. The molecule has 4 rings (SSSR count). The normalized spacial score (nSPS) is 19.6. The summed E-state index contributed by atoms with van der Waals surface area (Å²) < 4.78 is 0. The highest BCUT2D eigenvalue weighted by molar-refractivity contribution is 6.08. The fourth-order valence-electron chi connectivity index (χ4n) is 3.74. The summed E-state index contributed by atoms with van der Waals surface area (Å²) >= 11 is 0. The quantitative estimate of drug-likeness (QED) is 0.690. The van der Waals surface area contributed by atoms with E-state index in [2.05, 4.69) is 30.3 Å². The third kappa shape index (κ3) is 2.29. The molecule has 0 saturated heterocycles. The van der Waals surface area contributed by atoms with E-state index in [9.17, 15) is 4.79 Å². The number of hydrogen-bond acceptors (Lipinski definition) is 1. The molecule has 1 aliphatic rings. The summed E-state index contributed by atoms with van der Waals surface area (Å²) in [5, 5.41) is 0. The summed E-state index contributed by atoms with van der Waals surface area (Å²) in [6.07, 6.45) is 1.52. The van der Waals surface area contributed by atoms with E-state index in [1.807, 2.05) is 54.6 Å². The van der Waals surface area contributed by atoms with Gasteiger partial charge in [-0.1, -0.05) is 84.9 Å². The Morgan fingerprint density at radius 1 is 0.739 bits per heavy atom. The average molecular weight is 298 g/mol. The van der Waals surface area contributed by atoms with Gasteiger partial charge in [0.25, 0.3) is 0 Å². The zero-order valence-corrected chi connectivity index (χ0v) is 12.9. The SMILES string of the molecule is O=C1c2ccccc2C[C@]1(Cc1ccccc1)c1ccccc1. The molecule has 0 N–H and O–H groups in total. The molecular weight excluding hydrogens is 280 g/mol. The van der Waals surface area contributed by atoms with Crippen LogP contribution < -0.4 is 0 Å². The Kier molecular flexibility index (Phi) is 3.34. The van der Waals surface area contributed by atoms with Crippen LogP contribution in [0.25, 0.3) is 0 Å². The van der Waals surface area contributed by atoms with E-state index in [-0.39, 0.29) is 5.78 Å². The predicted molar refractivity (Wildman–Crippen MR) is 92.7 cm³/mol. The molecular formula is C22H18O. The first kappa shape index (κ1) is 14.0. The molecule has 0 bridgehead atoms. The van der Waals surface area contributed by atoms with Crippen LogP contribution in [-0.4, -0.2) is 5.78 Å². The van der Waals surface area contributed by atoms with Crippen LogP contribution in [-0.2, 0) is 18.3 Å². The van der Waals surface area contributed by atoms with Crippen LogP contribution in [0.2, 0.25) is 0 Å². The van der Waals surface area contributed by atoms with E-state index in [4.69, 9.17) is 0 Å². The second kappa shape index (κ2) is 5.51. The lowest BCUT2D eigenvalue weighted by Gasteiger charge is -2.28. The number of Topliss-reactive ketones (excluding diaryl/α,β-unsaturated/α-hetero) is 1. The molecule has 0 radical (unpaired) electrons. The van der Waals surface area contributed by atoms with Crippen molar-refractivity contribution in [1.29, 1.82) is 0 Å². The van der Waals surface area contributed by atoms with E-state index >= 15 is 0 Å². The summed E-state index contributed by atoms with van der Waals surface area (Å²) in [7, 11) is 0. The van der Waals surface area contributed by atoms with Crippen LogP contribution in [0.15, 0.2) is 84.9 Å². The zero-order chi connectivity index (χ0) is 15.7. The van der Waals surface area contributed by atoms with Crippen LogP contribution in [0.5, 0.6) is 0 Å². The molecule has 0 amide bonds. The second-order valence-electron chi connectivity index (χ2n) is 6.27. The number of hydrogen-bond donors (Lipinski definition) is 0. The van der Waals surface area contributed by atoms with Crippen LogP contribution in [0.3, 0.4) is 0 Å². The van der Waals surface area contributed by atoms with E-state index < -0.39 is 5.41 Å². The highest BCUT2D eigenvalue weighted by Crippen LogP contribution is 2.42. The minimum absolute atomic E-state index is 0.253. The van der Waals surface area contributed by atoms with Crippen molar-refractivity contribution in [3.63, 3.8) is 0 Å². The number of rotatable bonds is 3. The Hall–Kier alpha value is -2.67. The van der Waals surface area contributed by atoms with E-state index in [1.165, 1.54) is 5.56 Å². The molecule has 1 nitrogen and oxygen atoms in total. The van der Waals surface area contributed by atoms with Crippen molar-refractivity contribution in [3.8, 4) is 0 Å². The summed E-state index contributed by atoms with van der Waals surface area (Å²) in [5.74, 6) is 0.253. The van der Waals surface area contributed by atoms with Crippen molar-refractivity contribution in [2.24, 2.45) is 0 Å². The van der Waals surface area contributed by atoms with Gasteiger partial charge in [-0.15, -0.1) is 0 Å². The minimum atomic E-state index is -0.480. The van der Waals surface area contributed by atoms with Gasteiger partial charge in [-0.2, -0.15) is 0 Å². The molecule has 0 heterocycles. The van der Waals surface area contributed by atoms with Crippen LogP contribution in [0, 0.1) is 0 Å². The Balaban J connectivity index is 1.85. The van der Waals surface area contributed by atoms with Crippen molar-refractivity contribution in [3.05, 3.63) is 107 Å². The van der Waals surface area contributed by atoms with Gasteiger partial charge in [-0.3, -0.25) is 4.79 Å². The van der Waals surface area contributed by atoms with Gasteiger partial charge in [0.15, 0.2) is 5.78 Å². The molecule has 0 aromatic heterocycles. The van der Waals surface area contributed by atoms with Crippen LogP contribution in [0.4, 0.5) is 0 Å². The largest absolute Gasteiger partial charge is 0.293 e. The van der Waals surface area contributed by atoms with Gasteiger partial charge >= 0.3 is 0 Å². The summed E-state index contributed by atoms with van der Waals surface area (Å²) in [6.45, 7) is 0. The van der Waals surface area contributed by atoms with Crippen LogP contribution in [0.1, 0.15) is 27.0 Å². The lowest BCUT2D eigenvalue weighted by atomic mass is 9.72. The molecule has 0 aliphatic heterocycles. The molecule has 3 aromatic rings. The van der Waals surface area contributed by atoms with Gasteiger partial charge in [0.2, 0.25) is 0 Å². The number of carbonyl (C=O) groups excluding carboxylic acids is 1. The van der Waals surface area contributed by atoms with Crippen molar-refractivity contribution >= 4 is 5.78 Å². The van der Waals surface area contributed by atoms with Crippen molar-refractivity contribution in [1.82, 2.24) is 0 Å². The summed E-state index contributed by atoms with van der Waals surface area (Å²) in [4.78, 5) is 13.3. The summed E-state index contributed by atoms with van der Waals surface area (Å²) in [5.41, 5.74) is 3.89. The van der Waals surface area contributed by atoms with E-state index in [0.29, 0.717) is 0 Å². The predicted octanol–water partition coefficient (Wildman–Crippen LogP) is 4.61. The Bertz CT molecular complexity index is 836. The molecule has 1 aliphatic carbocycles. The van der Waals surface area contributed by atoms with Gasteiger partial charge in [-0.25, -0.2) is 0 Å². The molecule has 1 heteroatoms. The van der Waals surface area contributed by atoms with Crippen molar-refractivity contribution < 1.29 is 4.79 Å². The number of fused-ring (bicyclic) bond motifs is 1. The van der Waals surface area contributed by atoms with Crippen molar-refractivity contribution in [2.75, 3.05) is 0 Å². The average Bonchev–Trinajstić information content (AvgIpc) is 2.90. The molecule has 1 atom stereocenters. The highest BCUT2D eigenvalue weighted by atomic mass is 16.1. The molecule has 112 valence electrons. The monoisotopic (exact) mass is 298 g/mol. The highest BCUT2D eigenvalue weighted by Gasteiger charge is 2.46. The first-order valence-corrected chi connectivity index (χ1v) is 8.02. The Morgan fingerprint density at radius 2 is 1.35 bits per heavy atom. The molecule has 0 saturated carbocycles. The molecule has 0 spiro atoms. The standard InChI is InChI=1S/C22H18O/c23-21-20-14-8-7-11-18(20)16-22(21,19-12-5-2-6-13-19)15-17-9-3-1-4-10-17/h1-14H,15-16H2/t22-/m1/s1. The Labute approximate surface area is 136 Å². The van der Waals surface area contributed by atoms with Crippen LogP contribution >= 0.6 is 0 Å². The number of carbonyl (C=O) groups is 1. The molecule has 0 unspecified atom stereocenters. The number of ketones is 1. The van der Waals surface area contributed by atoms with Gasteiger partial charge in [0.05, 0.1) is 5.41 Å². The molecule has 23 heavy (non-hydrogen) atoms. The van der Waals surface area contributed by atoms with E-state index in [1.54, 1.807) is 0 Å². The third-order valence-corrected chi connectivity index (χ3v) is 4.86. The van der Waals surface area contributed by atoms with Gasteiger partial charge < -0.3 is 0 Å². The maximum atomic E-state index is 13.3.